The lowest BCUT2D eigenvalue weighted by molar-refractivity contribution is -0.114. The summed E-state index contributed by atoms with van der Waals surface area (Å²) in [5.74, 6) is -2.18. The fourth-order valence-electron chi connectivity index (χ4n) is 3.31. The zero-order valence-corrected chi connectivity index (χ0v) is 15.5. The van der Waals surface area contributed by atoms with Crippen molar-refractivity contribution in [3.63, 3.8) is 0 Å². The van der Waals surface area contributed by atoms with Crippen molar-refractivity contribution in [2.75, 3.05) is 5.32 Å². The van der Waals surface area contributed by atoms with Crippen LogP contribution in [-0.4, -0.2) is 21.8 Å². The second-order valence-electron chi connectivity index (χ2n) is 6.69. The first-order valence-corrected chi connectivity index (χ1v) is 8.95. The van der Waals surface area contributed by atoms with Crippen LogP contribution in [0.15, 0.2) is 66.9 Å². The molecule has 3 N–H and O–H groups in total. The van der Waals surface area contributed by atoms with Gasteiger partial charge in [-0.05, 0) is 47.5 Å². The maximum Gasteiger partial charge on any atom is 0.221 e. The molecule has 0 saturated carbocycles. The standard InChI is InChI=1S/C23H17FN2O3/c1-13(27)26-16-5-2-4-14(10-16)15-8-9-20-18(11-15)19(12-25-20)23(29)17-6-3-7-21(28)22(17)24/h2-12,25,28H,1H3,(H,26,27). The molecular weight excluding hydrogens is 371 g/mol. The van der Waals surface area contributed by atoms with Crippen molar-refractivity contribution in [1.82, 2.24) is 4.98 Å². The van der Waals surface area contributed by atoms with Crippen LogP contribution in [0.1, 0.15) is 22.8 Å². The second kappa shape index (κ2) is 7.24. The van der Waals surface area contributed by atoms with Crippen molar-refractivity contribution >= 4 is 28.3 Å². The molecule has 6 heteroatoms. The number of amides is 1. The predicted octanol–water partition coefficient (Wildman–Crippen LogP) is 4.87. The minimum absolute atomic E-state index is 0.163. The number of carbonyl (C=O) groups excluding carboxylic acids is 2. The number of benzene rings is 3. The van der Waals surface area contributed by atoms with Gasteiger partial charge in [-0.15, -0.1) is 0 Å². The van der Waals surface area contributed by atoms with Gasteiger partial charge < -0.3 is 15.4 Å². The van der Waals surface area contributed by atoms with E-state index in [1.54, 1.807) is 6.07 Å². The van der Waals surface area contributed by atoms with Crippen molar-refractivity contribution in [3.8, 4) is 16.9 Å². The molecule has 0 aliphatic carbocycles. The largest absolute Gasteiger partial charge is 0.505 e. The van der Waals surface area contributed by atoms with Crippen LogP contribution >= 0.6 is 0 Å². The minimum Gasteiger partial charge on any atom is -0.505 e. The second-order valence-corrected chi connectivity index (χ2v) is 6.69. The number of aromatic hydroxyl groups is 1. The van der Waals surface area contributed by atoms with Crippen LogP contribution in [0.5, 0.6) is 5.75 Å². The van der Waals surface area contributed by atoms with Gasteiger partial charge in [0.1, 0.15) is 0 Å². The number of anilines is 1. The number of hydrogen-bond donors (Lipinski definition) is 3. The number of phenols is 1. The smallest absolute Gasteiger partial charge is 0.221 e. The fraction of sp³-hybridized carbons (Fsp3) is 0.0435. The lowest BCUT2D eigenvalue weighted by Crippen LogP contribution is -2.05. The van der Waals surface area contributed by atoms with Gasteiger partial charge in [-0.25, -0.2) is 4.39 Å². The molecule has 1 aromatic heterocycles. The van der Waals surface area contributed by atoms with E-state index in [0.29, 0.717) is 16.6 Å². The molecule has 0 atom stereocenters. The third-order valence-corrected chi connectivity index (χ3v) is 4.67. The van der Waals surface area contributed by atoms with E-state index in [9.17, 15) is 19.1 Å². The van der Waals surface area contributed by atoms with Crippen LogP contribution in [0.4, 0.5) is 10.1 Å². The summed E-state index contributed by atoms with van der Waals surface area (Å²) in [6, 6.07) is 16.9. The number of fused-ring (bicyclic) bond motifs is 1. The molecule has 0 aliphatic heterocycles. The highest BCUT2D eigenvalue weighted by atomic mass is 19.1. The van der Waals surface area contributed by atoms with E-state index in [2.05, 4.69) is 10.3 Å². The first-order valence-electron chi connectivity index (χ1n) is 8.95. The summed E-state index contributed by atoms with van der Waals surface area (Å²) in [6.07, 6.45) is 1.54. The maximum absolute atomic E-state index is 14.2. The Kier molecular flexibility index (Phi) is 4.60. The molecule has 4 aromatic rings. The quantitative estimate of drug-likeness (QED) is 0.436. The number of phenolic OH excluding ortho intramolecular Hbond substituents is 1. The van der Waals surface area contributed by atoms with Gasteiger partial charge >= 0.3 is 0 Å². The van der Waals surface area contributed by atoms with Crippen LogP contribution in [0.25, 0.3) is 22.0 Å². The highest BCUT2D eigenvalue weighted by molar-refractivity contribution is 6.17. The van der Waals surface area contributed by atoms with Gasteiger partial charge in [-0.1, -0.05) is 24.3 Å². The first kappa shape index (κ1) is 18.4. The number of nitrogens with one attached hydrogen (secondary N) is 2. The highest BCUT2D eigenvalue weighted by Gasteiger charge is 2.20. The lowest BCUT2D eigenvalue weighted by Gasteiger charge is -2.07. The average Bonchev–Trinajstić information content (AvgIpc) is 3.12. The summed E-state index contributed by atoms with van der Waals surface area (Å²) >= 11 is 0. The van der Waals surface area contributed by atoms with E-state index in [4.69, 9.17) is 0 Å². The van der Waals surface area contributed by atoms with Crippen molar-refractivity contribution in [2.45, 2.75) is 6.92 Å². The molecular formula is C23H17FN2O3. The number of halogens is 1. The van der Waals surface area contributed by atoms with Crippen LogP contribution in [0, 0.1) is 5.82 Å². The Morgan fingerprint density at radius 2 is 1.72 bits per heavy atom. The number of hydrogen-bond acceptors (Lipinski definition) is 3. The minimum atomic E-state index is -0.939. The fourth-order valence-corrected chi connectivity index (χ4v) is 3.31. The molecule has 1 heterocycles. The third kappa shape index (κ3) is 3.48. The Labute approximate surface area is 165 Å². The van der Waals surface area contributed by atoms with E-state index in [0.717, 1.165) is 16.6 Å². The van der Waals surface area contributed by atoms with Crippen LogP contribution in [-0.2, 0) is 4.79 Å². The van der Waals surface area contributed by atoms with Gasteiger partial charge in [0.25, 0.3) is 0 Å². The van der Waals surface area contributed by atoms with Gasteiger partial charge in [0, 0.05) is 35.3 Å². The summed E-state index contributed by atoms with van der Waals surface area (Å²) in [7, 11) is 0. The molecule has 4 rings (SSSR count). The summed E-state index contributed by atoms with van der Waals surface area (Å²) < 4.78 is 14.2. The topological polar surface area (TPSA) is 82.2 Å². The Balaban J connectivity index is 1.78. The Morgan fingerprint density at radius 1 is 0.966 bits per heavy atom. The molecule has 1 amide bonds. The van der Waals surface area contributed by atoms with Gasteiger partial charge in [0.15, 0.2) is 17.3 Å². The van der Waals surface area contributed by atoms with E-state index in [1.165, 1.54) is 31.3 Å². The Hall–Kier alpha value is -3.93. The third-order valence-electron chi connectivity index (χ3n) is 4.67. The number of carbonyl (C=O) groups is 2. The normalized spacial score (nSPS) is 10.8. The molecule has 0 saturated heterocycles. The summed E-state index contributed by atoms with van der Waals surface area (Å²) in [5, 5.41) is 13.0. The Morgan fingerprint density at radius 3 is 2.52 bits per heavy atom. The molecule has 0 bridgehead atoms. The average molecular weight is 388 g/mol. The van der Waals surface area contributed by atoms with E-state index in [-0.39, 0.29) is 11.5 Å². The SMILES string of the molecule is CC(=O)Nc1cccc(-c2ccc3[nH]cc(C(=O)c4cccc(O)c4F)c3c2)c1. The highest BCUT2D eigenvalue weighted by Crippen LogP contribution is 2.30. The Bertz CT molecular complexity index is 1260. The van der Waals surface area contributed by atoms with Crippen molar-refractivity contribution in [2.24, 2.45) is 0 Å². The molecule has 0 radical (unpaired) electrons. The molecule has 0 spiro atoms. The summed E-state index contributed by atoms with van der Waals surface area (Å²) in [4.78, 5) is 27.2. The molecule has 3 aromatic carbocycles. The monoisotopic (exact) mass is 388 g/mol. The van der Waals surface area contributed by atoms with Gasteiger partial charge in [-0.3, -0.25) is 9.59 Å². The zero-order valence-electron chi connectivity index (χ0n) is 15.5. The summed E-state index contributed by atoms with van der Waals surface area (Å²) in [5.41, 5.74) is 3.22. The van der Waals surface area contributed by atoms with Crippen LogP contribution in [0.3, 0.4) is 0 Å². The maximum atomic E-state index is 14.2. The van der Waals surface area contributed by atoms with Gasteiger partial charge in [0.2, 0.25) is 5.91 Å². The number of H-pyrrole nitrogens is 1. The van der Waals surface area contributed by atoms with E-state index < -0.39 is 17.3 Å². The van der Waals surface area contributed by atoms with Crippen molar-refractivity contribution in [3.05, 3.63) is 83.8 Å². The van der Waals surface area contributed by atoms with Crippen LogP contribution in [0.2, 0.25) is 0 Å². The van der Waals surface area contributed by atoms with Crippen molar-refractivity contribution < 1.29 is 19.1 Å². The lowest BCUT2D eigenvalue weighted by atomic mass is 9.98. The molecule has 0 fully saturated rings. The van der Waals surface area contributed by atoms with Gasteiger partial charge in [-0.2, -0.15) is 0 Å². The van der Waals surface area contributed by atoms with Crippen LogP contribution < -0.4 is 5.32 Å². The molecule has 0 aliphatic rings. The predicted molar refractivity (Wildman–Crippen MR) is 110 cm³/mol. The molecule has 144 valence electrons. The molecule has 0 unspecified atom stereocenters. The zero-order chi connectivity index (χ0) is 20.5. The first-order chi connectivity index (χ1) is 13.9. The molecule has 5 nitrogen and oxygen atoms in total. The number of rotatable bonds is 4. The van der Waals surface area contributed by atoms with Crippen molar-refractivity contribution in [1.29, 1.82) is 0 Å². The van der Waals surface area contributed by atoms with E-state index in [1.807, 2.05) is 36.4 Å². The molecule has 29 heavy (non-hydrogen) atoms. The van der Waals surface area contributed by atoms with Gasteiger partial charge in [0.05, 0.1) is 5.56 Å². The number of ketones is 1. The summed E-state index contributed by atoms with van der Waals surface area (Å²) in [6.45, 7) is 1.44. The van der Waals surface area contributed by atoms with E-state index >= 15 is 0 Å². The number of aromatic nitrogens is 1. The number of aromatic amines is 1.